The molecule has 0 fully saturated rings. The highest BCUT2D eigenvalue weighted by molar-refractivity contribution is 6.04. The van der Waals surface area contributed by atoms with Crippen LogP contribution in [0.25, 0.3) is 0 Å². The molecule has 3 aromatic carbocycles. The van der Waals surface area contributed by atoms with Crippen molar-refractivity contribution < 1.29 is 19.0 Å². The molecule has 0 bridgehead atoms. The van der Waals surface area contributed by atoms with Crippen LogP contribution in [0.15, 0.2) is 72.8 Å². The molecule has 3 aromatic rings. The van der Waals surface area contributed by atoms with E-state index in [2.05, 4.69) is 10.6 Å². The molecule has 0 heterocycles. The average Bonchev–Trinajstić information content (AvgIpc) is 2.74. The molecule has 1 atom stereocenters. The van der Waals surface area contributed by atoms with Crippen LogP contribution in [-0.4, -0.2) is 24.7 Å². The van der Waals surface area contributed by atoms with Gasteiger partial charge in [-0.2, -0.15) is 0 Å². The van der Waals surface area contributed by atoms with E-state index in [4.69, 9.17) is 4.74 Å². The lowest BCUT2D eigenvalue weighted by molar-refractivity contribution is 0.102. The zero-order chi connectivity index (χ0) is 20.6. The van der Waals surface area contributed by atoms with Gasteiger partial charge in [0.05, 0.1) is 13.2 Å². The van der Waals surface area contributed by atoms with Gasteiger partial charge in [-0.1, -0.05) is 24.3 Å². The van der Waals surface area contributed by atoms with Crippen molar-refractivity contribution in [1.29, 1.82) is 0 Å². The van der Waals surface area contributed by atoms with Crippen LogP contribution in [0.2, 0.25) is 0 Å². The molecular weight excluding hydrogens is 371 g/mol. The third-order valence-corrected chi connectivity index (χ3v) is 4.46. The molecule has 150 valence electrons. The smallest absolute Gasteiger partial charge is 0.255 e. The summed E-state index contributed by atoms with van der Waals surface area (Å²) in [5.41, 5.74) is 2.84. The normalized spacial score (nSPS) is 11.7. The number of carbonyl (C=O) groups excluding carboxylic acids is 1. The minimum absolute atomic E-state index is 0.204. The van der Waals surface area contributed by atoms with Crippen molar-refractivity contribution in [2.75, 3.05) is 19.0 Å². The molecule has 0 saturated carbocycles. The molecule has 0 aliphatic carbocycles. The van der Waals surface area contributed by atoms with Crippen molar-refractivity contribution >= 4 is 11.6 Å². The van der Waals surface area contributed by atoms with Crippen LogP contribution in [0.3, 0.4) is 0 Å². The highest BCUT2D eigenvalue weighted by atomic mass is 19.1. The maximum absolute atomic E-state index is 13.0. The van der Waals surface area contributed by atoms with E-state index in [1.165, 1.54) is 12.1 Å². The van der Waals surface area contributed by atoms with Gasteiger partial charge in [0.15, 0.2) is 0 Å². The average molecular weight is 394 g/mol. The van der Waals surface area contributed by atoms with E-state index < -0.39 is 6.10 Å². The van der Waals surface area contributed by atoms with Crippen molar-refractivity contribution in [1.82, 2.24) is 5.32 Å². The first kappa shape index (κ1) is 20.5. The Labute approximate surface area is 169 Å². The van der Waals surface area contributed by atoms with Gasteiger partial charge in [0.25, 0.3) is 5.91 Å². The Morgan fingerprint density at radius 1 is 1.07 bits per heavy atom. The van der Waals surface area contributed by atoms with Crippen molar-refractivity contribution in [3.63, 3.8) is 0 Å². The van der Waals surface area contributed by atoms with Gasteiger partial charge in [-0.05, 0) is 59.7 Å². The largest absolute Gasteiger partial charge is 0.497 e. The fourth-order valence-electron chi connectivity index (χ4n) is 2.86. The summed E-state index contributed by atoms with van der Waals surface area (Å²) in [7, 11) is 1.58. The van der Waals surface area contributed by atoms with Crippen molar-refractivity contribution in [3.8, 4) is 5.75 Å². The predicted octanol–water partition coefficient (Wildman–Crippen LogP) is 3.91. The van der Waals surface area contributed by atoms with Gasteiger partial charge in [0.2, 0.25) is 0 Å². The molecular formula is C23H23FN2O3. The summed E-state index contributed by atoms with van der Waals surface area (Å²) in [5, 5.41) is 16.2. The number of halogens is 1. The lowest BCUT2D eigenvalue weighted by atomic mass is 10.1. The van der Waals surface area contributed by atoms with Crippen LogP contribution in [0.1, 0.15) is 27.6 Å². The van der Waals surface area contributed by atoms with Crippen LogP contribution in [0.4, 0.5) is 10.1 Å². The number of amides is 1. The Balaban J connectivity index is 1.53. The van der Waals surface area contributed by atoms with Crippen LogP contribution in [0, 0.1) is 5.82 Å². The minimum Gasteiger partial charge on any atom is -0.497 e. The Morgan fingerprint density at radius 3 is 2.48 bits per heavy atom. The highest BCUT2D eigenvalue weighted by Gasteiger charge is 2.09. The number of methoxy groups -OCH3 is 1. The zero-order valence-electron chi connectivity index (χ0n) is 16.1. The second-order valence-electron chi connectivity index (χ2n) is 6.58. The molecule has 5 nitrogen and oxygen atoms in total. The summed E-state index contributed by atoms with van der Waals surface area (Å²) < 4.78 is 18.1. The summed E-state index contributed by atoms with van der Waals surface area (Å²) in [5.74, 6) is 0.157. The second-order valence-corrected chi connectivity index (χ2v) is 6.58. The van der Waals surface area contributed by atoms with Crippen LogP contribution >= 0.6 is 0 Å². The van der Waals surface area contributed by atoms with Crippen LogP contribution < -0.4 is 15.4 Å². The first-order chi connectivity index (χ1) is 14.0. The Kier molecular flexibility index (Phi) is 6.94. The number of aliphatic hydroxyl groups is 1. The van der Waals surface area contributed by atoms with Gasteiger partial charge in [-0.25, -0.2) is 4.39 Å². The fraction of sp³-hybridized carbons (Fsp3) is 0.174. The number of anilines is 1. The molecule has 1 unspecified atom stereocenters. The summed E-state index contributed by atoms with van der Waals surface area (Å²) >= 11 is 0. The fourth-order valence-corrected chi connectivity index (χ4v) is 2.86. The Hall–Kier alpha value is -3.22. The maximum atomic E-state index is 13.0. The molecule has 6 heteroatoms. The van der Waals surface area contributed by atoms with E-state index in [0.29, 0.717) is 35.7 Å². The third kappa shape index (κ3) is 5.88. The molecule has 0 aliphatic heterocycles. The first-order valence-electron chi connectivity index (χ1n) is 9.24. The molecule has 3 rings (SSSR count). The lowest BCUT2D eigenvalue weighted by Gasteiger charge is -2.13. The lowest BCUT2D eigenvalue weighted by Crippen LogP contribution is -2.21. The summed E-state index contributed by atoms with van der Waals surface area (Å²) in [6.45, 7) is 0.846. The number of benzene rings is 3. The molecule has 1 amide bonds. The standard InChI is InChI=1S/C23H23FN2O3/c1-29-21-11-7-18(8-12-21)23(28)26-20-4-2-3-16(13-20)14-25-15-22(27)17-5-9-19(24)10-6-17/h2-13,22,25,27H,14-15H2,1H3,(H,26,28). The van der Waals surface area contributed by atoms with Crippen LogP contribution in [-0.2, 0) is 6.54 Å². The van der Waals surface area contributed by atoms with E-state index in [9.17, 15) is 14.3 Å². The monoisotopic (exact) mass is 394 g/mol. The third-order valence-electron chi connectivity index (χ3n) is 4.46. The van der Waals surface area contributed by atoms with Crippen molar-refractivity contribution in [3.05, 3.63) is 95.3 Å². The van der Waals surface area contributed by atoms with Crippen molar-refractivity contribution in [2.45, 2.75) is 12.6 Å². The van der Waals surface area contributed by atoms with Gasteiger partial charge in [0.1, 0.15) is 11.6 Å². The van der Waals surface area contributed by atoms with E-state index in [1.807, 2.05) is 24.3 Å². The number of carbonyl (C=O) groups is 1. The molecule has 0 radical (unpaired) electrons. The minimum atomic E-state index is -0.728. The van der Waals surface area contributed by atoms with Gasteiger partial charge in [-0.3, -0.25) is 4.79 Å². The molecule has 0 aromatic heterocycles. The van der Waals surface area contributed by atoms with Gasteiger partial charge in [0, 0.05) is 24.3 Å². The predicted molar refractivity (Wildman–Crippen MR) is 110 cm³/mol. The molecule has 0 aliphatic rings. The van der Waals surface area contributed by atoms with Gasteiger partial charge >= 0.3 is 0 Å². The Morgan fingerprint density at radius 2 is 1.79 bits per heavy atom. The second kappa shape index (κ2) is 9.82. The van der Waals surface area contributed by atoms with Gasteiger partial charge in [-0.15, -0.1) is 0 Å². The molecule has 3 N–H and O–H groups in total. The number of ether oxygens (including phenoxy) is 1. The quantitative estimate of drug-likeness (QED) is 0.542. The van der Waals surface area contributed by atoms with E-state index in [1.54, 1.807) is 43.5 Å². The molecule has 0 saturated heterocycles. The van der Waals surface area contributed by atoms with E-state index in [-0.39, 0.29) is 11.7 Å². The topological polar surface area (TPSA) is 70.6 Å². The highest BCUT2D eigenvalue weighted by Crippen LogP contribution is 2.16. The summed E-state index contributed by atoms with van der Waals surface area (Å²) in [4.78, 5) is 12.4. The first-order valence-corrected chi connectivity index (χ1v) is 9.24. The Bertz CT molecular complexity index is 943. The van der Waals surface area contributed by atoms with E-state index >= 15 is 0 Å². The molecule has 0 spiro atoms. The SMILES string of the molecule is COc1ccc(C(=O)Nc2cccc(CNCC(O)c3ccc(F)cc3)c2)cc1. The maximum Gasteiger partial charge on any atom is 0.255 e. The number of aliphatic hydroxyl groups excluding tert-OH is 1. The van der Waals surface area contributed by atoms with Gasteiger partial charge < -0.3 is 20.5 Å². The number of hydrogen-bond acceptors (Lipinski definition) is 4. The number of nitrogens with one attached hydrogen (secondary N) is 2. The van der Waals surface area contributed by atoms with Crippen molar-refractivity contribution in [2.24, 2.45) is 0 Å². The number of rotatable bonds is 8. The molecule has 29 heavy (non-hydrogen) atoms. The summed E-state index contributed by atoms with van der Waals surface area (Å²) in [6, 6.07) is 20.2. The number of hydrogen-bond donors (Lipinski definition) is 3. The van der Waals surface area contributed by atoms with Crippen LogP contribution in [0.5, 0.6) is 5.75 Å². The van der Waals surface area contributed by atoms with E-state index in [0.717, 1.165) is 5.56 Å². The summed E-state index contributed by atoms with van der Waals surface area (Å²) in [6.07, 6.45) is -0.728. The zero-order valence-corrected chi connectivity index (χ0v) is 16.1.